The van der Waals surface area contributed by atoms with Crippen LogP contribution in [0, 0.1) is 24.2 Å². The van der Waals surface area contributed by atoms with Crippen LogP contribution in [0.25, 0.3) is 0 Å². The molecule has 1 aliphatic rings. The molecule has 1 fully saturated rings. The van der Waals surface area contributed by atoms with Crippen molar-refractivity contribution in [3.8, 4) is 12.3 Å². The van der Waals surface area contributed by atoms with Crippen molar-refractivity contribution in [2.45, 2.75) is 39.2 Å². The number of terminal acetylenes is 1. The number of rotatable bonds is 6. The fourth-order valence-electron chi connectivity index (χ4n) is 2.43. The van der Waals surface area contributed by atoms with Crippen molar-refractivity contribution in [1.29, 1.82) is 0 Å². The standard InChI is InChI=1S/C21H25NO/c1-5-17-10-12-18(13-11-17)20-14-19(20)8-6-7-9-21(23)22-16(4)15(2)3/h1,6-13,15-16,19-20H,14H2,2-4H3,(H,22,23)/b8-6+,9-7+/t16?,19-,20+/m1/s1. The Hall–Kier alpha value is -2.27. The smallest absolute Gasteiger partial charge is 0.244 e. The summed E-state index contributed by atoms with van der Waals surface area (Å²) in [7, 11) is 0. The van der Waals surface area contributed by atoms with Gasteiger partial charge in [0.15, 0.2) is 0 Å². The number of hydrogen-bond acceptors (Lipinski definition) is 1. The predicted octanol–water partition coefficient (Wildman–Crippen LogP) is 4.04. The fourth-order valence-corrected chi connectivity index (χ4v) is 2.43. The van der Waals surface area contributed by atoms with E-state index in [-0.39, 0.29) is 11.9 Å². The molecule has 1 aliphatic carbocycles. The van der Waals surface area contributed by atoms with Gasteiger partial charge in [-0.15, -0.1) is 6.42 Å². The van der Waals surface area contributed by atoms with Crippen molar-refractivity contribution in [1.82, 2.24) is 5.32 Å². The Morgan fingerprint density at radius 3 is 2.57 bits per heavy atom. The van der Waals surface area contributed by atoms with Gasteiger partial charge in [-0.05, 0) is 48.8 Å². The van der Waals surface area contributed by atoms with Gasteiger partial charge in [-0.3, -0.25) is 4.79 Å². The molecule has 0 radical (unpaired) electrons. The molecule has 3 atom stereocenters. The van der Waals surface area contributed by atoms with Gasteiger partial charge in [-0.2, -0.15) is 0 Å². The van der Waals surface area contributed by atoms with Crippen LogP contribution in [0.3, 0.4) is 0 Å². The van der Waals surface area contributed by atoms with Crippen LogP contribution in [0.15, 0.2) is 48.6 Å². The molecule has 0 spiro atoms. The van der Waals surface area contributed by atoms with Gasteiger partial charge in [0.05, 0.1) is 0 Å². The molecule has 0 bridgehead atoms. The Bertz CT molecular complexity index is 631. The zero-order chi connectivity index (χ0) is 16.8. The quantitative estimate of drug-likeness (QED) is 0.479. The number of benzene rings is 1. The lowest BCUT2D eigenvalue weighted by atomic mass is 10.1. The number of hydrogen-bond donors (Lipinski definition) is 1. The summed E-state index contributed by atoms with van der Waals surface area (Å²) in [5.74, 6) is 4.19. The Morgan fingerprint density at radius 1 is 1.26 bits per heavy atom. The molecule has 0 aliphatic heterocycles. The van der Waals surface area contributed by atoms with E-state index in [0.717, 1.165) is 12.0 Å². The van der Waals surface area contributed by atoms with Crippen LogP contribution in [0.4, 0.5) is 0 Å². The van der Waals surface area contributed by atoms with Gasteiger partial charge in [-0.25, -0.2) is 0 Å². The van der Waals surface area contributed by atoms with Gasteiger partial charge >= 0.3 is 0 Å². The van der Waals surface area contributed by atoms with E-state index in [4.69, 9.17) is 6.42 Å². The molecule has 1 unspecified atom stereocenters. The minimum atomic E-state index is -0.0342. The first kappa shape index (κ1) is 17.1. The SMILES string of the molecule is C#Cc1ccc([C@@H]2C[C@H]2/C=C/C=C/C(=O)NC(C)C(C)C)cc1. The van der Waals surface area contributed by atoms with E-state index in [9.17, 15) is 4.79 Å². The first-order valence-corrected chi connectivity index (χ1v) is 8.23. The summed E-state index contributed by atoms with van der Waals surface area (Å²) < 4.78 is 0. The van der Waals surface area contributed by atoms with E-state index in [1.54, 1.807) is 6.08 Å². The number of carbonyl (C=O) groups is 1. The van der Waals surface area contributed by atoms with E-state index >= 15 is 0 Å². The summed E-state index contributed by atoms with van der Waals surface area (Å²) in [5.41, 5.74) is 2.26. The second-order valence-corrected chi connectivity index (χ2v) is 6.56. The second-order valence-electron chi connectivity index (χ2n) is 6.56. The summed E-state index contributed by atoms with van der Waals surface area (Å²) in [5, 5.41) is 2.95. The lowest BCUT2D eigenvalue weighted by Gasteiger charge is -2.15. The Labute approximate surface area is 139 Å². The highest BCUT2D eigenvalue weighted by Gasteiger charge is 2.35. The molecule has 2 rings (SSSR count). The maximum absolute atomic E-state index is 11.7. The minimum absolute atomic E-state index is 0.0342. The average molecular weight is 307 g/mol. The number of amides is 1. The molecule has 120 valence electrons. The molecule has 1 amide bonds. The zero-order valence-electron chi connectivity index (χ0n) is 14.1. The molecule has 1 aromatic carbocycles. The maximum atomic E-state index is 11.7. The van der Waals surface area contributed by atoms with E-state index in [2.05, 4.69) is 43.3 Å². The largest absolute Gasteiger partial charge is 0.350 e. The third-order valence-electron chi connectivity index (χ3n) is 4.43. The van der Waals surface area contributed by atoms with E-state index < -0.39 is 0 Å². The van der Waals surface area contributed by atoms with E-state index in [1.165, 1.54) is 5.56 Å². The van der Waals surface area contributed by atoms with E-state index in [0.29, 0.717) is 17.8 Å². The minimum Gasteiger partial charge on any atom is -0.350 e. The van der Waals surface area contributed by atoms with Crippen LogP contribution in [0.1, 0.15) is 44.2 Å². The number of nitrogens with one attached hydrogen (secondary N) is 1. The monoisotopic (exact) mass is 307 g/mol. The highest BCUT2D eigenvalue weighted by molar-refractivity contribution is 5.87. The second kappa shape index (κ2) is 7.83. The van der Waals surface area contributed by atoms with Crippen LogP contribution in [0.2, 0.25) is 0 Å². The molecular weight excluding hydrogens is 282 g/mol. The molecule has 1 aromatic rings. The Balaban J connectivity index is 1.78. The van der Waals surface area contributed by atoms with Gasteiger partial charge in [-0.1, -0.05) is 50.1 Å². The third kappa shape index (κ3) is 5.14. The summed E-state index contributed by atoms with van der Waals surface area (Å²) >= 11 is 0. The zero-order valence-corrected chi connectivity index (χ0v) is 14.1. The fraction of sp³-hybridized carbons (Fsp3) is 0.381. The first-order valence-electron chi connectivity index (χ1n) is 8.23. The summed E-state index contributed by atoms with van der Waals surface area (Å²) in [4.78, 5) is 11.7. The molecule has 0 heterocycles. The van der Waals surface area contributed by atoms with Gasteiger partial charge in [0.2, 0.25) is 5.91 Å². The number of allylic oxidation sites excluding steroid dienone is 3. The molecular formula is C21H25NO. The molecule has 0 aromatic heterocycles. The van der Waals surface area contributed by atoms with Gasteiger partial charge < -0.3 is 5.32 Å². The van der Waals surface area contributed by atoms with E-state index in [1.807, 2.05) is 31.2 Å². The van der Waals surface area contributed by atoms with Gasteiger partial charge in [0, 0.05) is 17.7 Å². The lowest BCUT2D eigenvalue weighted by Crippen LogP contribution is -2.34. The molecule has 0 saturated heterocycles. The van der Waals surface area contributed by atoms with Crippen molar-refractivity contribution >= 4 is 5.91 Å². The van der Waals surface area contributed by atoms with Crippen molar-refractivity contribution in [3.05, 3.63) is 59.7 Å². The predicted molar refractivity (Wildman–Crippen MR) is 95.9 cm³/mol. The van der Waals surface area contributed by atoms with Crippen molar-refractivity contribution in [3.63, 3.8) is 0 Å². The van der Waals surface area contributed by atoms with Crippen LogP contribution < -0.4 is 5.32 Å². The molecule has 1 N–H and O–H groups in total. The highest BCUT2D eigenvalue weighted by atomic mass is 16.1. The normalized spacial score (nSPS) is 21.5. The van der Waals surface area contributed by atoms with Gasteiger partial charge in [0.1, 0.15) is 0 Å². The molecule has 1 saturated carbocycles. The summed E-state index contributed by atoms with van der Waals surface area (Å²) in [6.45, 7) is 6.21. The number of carbonyl (C=O) groups excluding carboxylic acids is 1. The average Bonchev–Trinajstić information content (AvgIpc) is 3.31. The Kier molecular flexibility index (Phi) is 5.82. The van der Waals surface area contributed by atoms with Crippen LogP contribution in [-0.2, 0) is 4.79 Å². The highest BCUT2D eigenvalue weighted by Crippen LogP contribution is 2.48. The summed E-state index contributed by atoms with van der Waals surface area (Å²) in [6.07, 6.45) is 14.1. The topological polar surface area (TPSA) is 29.1 Å². The summed E-state index contributed by atoms with van der Waals surface area (Å²) in [6, 6.07) is 8.41. The molecule has 23 heavy (non-hydrogen) atoms. The molecule has 2 nitrogen and oxygen atoms in total. The Morgan fingerprint density at radius 2 is 1.96 bits per heavy atom. The van der Waals surface area contributed by atoms with Crippen LogP contribution in [0.5, 0.6) is 0 Å². The third-order valence-corrected chi connectivity index (χ3v) is 4.43. The van der Waals surface area contributed by atoms with Crippen LogP contribution in [-0.4, -0.2) is 11.9 Å². The van der Waals surface area contributed by atoms with Crippen LogP contribution >= 0.6 is 0 Å². The first-order chi connectivity index (χ1) is 11.0. The maximum Gasteiger partial charge on any atom is 0.244 e. The lowest BCUT2D eigenvalue weighted by molar-refractivity contribution is -0.117. The van der Waals surface area contributed by atoms with Crippen molar-refractivity contribution < 1.29 is 4.79 Å². The van der Waals surface area contributed by atoms with Crippen molar-refractivity contribution in [2.75, 3.05) is 0 Å². The van der Waals surface area contributed by atoms with Gasteiger partial charge in [0.25, 0.3) is 0 Å². The van der Waals surface area contributed by atoms with Crippen molar-refractivity contribution in [2.24, 2.45) is 11.8 Å². The molecule has 2 heteroatoms.